The van der Waals surface area contributed by atoms with E-state index in [1.807, 2.05) is 0 Å². The van der Waals surface area contributed by atoms with Crippen LogP contribution in [0.2, 0.25) is 0 Å². The molecule has 1 atom stereocenters. The lowest BCUT2D eigenvalue weighted by Crippen LogP contribution is -2.45. The van der Waals surface area contributed by atoms with E-state index in [4.69, 9.17) is 5.11 Å². The van der Waals surface area contributed by atoms with E-state index in [1.54, 1.807) is 0 Å². The van der Waals surface area contributed by atoms with Crippen LogP contribution in [0.1, 0.15) is 5.56 Å². The number of carbonyl (C=O) groups excluding carboxylic acids is 2. The average molecular weight is 306 g/mol. The number of esters is 1. The molecule has 0 fully saturated rings. The fourth-order valence-electron chi connectivity index (χ4n) is 1.42. The third kappa shape index (κ3) is 4.95. The number of anilines is 1. The van der Waals surface area contributed by atoms with Gasteiger partial charge in [0.25, 0.3) is 0 Å². The lowest BCUT2D eigenvalue weighted by atomic mass is 10.2. The summed E-state index contributed by atoms with van der Waals surface area (Å²) in [4.78, 5) is 22.7. The fraction of sp³-hybridized carbons (Fsp3) is 0.333. The van der Waals surface area contributed by atoms with Gasteiger partial charge in [0, 0.05) is 5.69 Å². The average Bonchev–Trinajstić information content (AvgIpc) is 2.43. The summed E-state index contributed by atoms with van der Waals surface area (Å²) < 4.78 is 41.8. The Morgan fingerprint density at radius 2 is 2.05 bits per heavy atom. The fourth-order valence-corrected chi connectivity index (χ4v) is 1.42. The third-order valence-corrected chi connectivity index (χ3v) is 2.42. The van der Waals surface area contributed by atoms with E-state index in [-0.39, 0.29) is 5.69 Å². The molecule has 9 heteroatoms. The highest BCUT2D eigenvalue weighted by Crippen LogP contribution is 2.30. The summed E-state index contributed by atoms with van der Waals surface area (Å²) in [5.74, 6) is -0.878. The van der Waals surface area contributed by atoms with Crippen LogP contribution in [-0.4, -0.2) is 36.9 Å². The van der Waals surface area contributed by atoms with E-state index in [0.717, 1.165) is 25.3 Å². The zero-order chi connectivity index (χ0) is 16.0. The maximum Gasteiger partial charge on any atom is 0.416 e. The third-order valence-electron chi connectivity index (χ3n) is 2.42. The number of halogens is 3. The van der Waals surface area contributed by atoms with Crippen LogP contribution < -0.4 is 10.6 Å². The van der Waals surface area contributed by atoms with Crippen molar-refractivity contribution in [1.29, 1.82) is 0 Å². The maximum atomic E-state index is 12.5. The number of methoxy groups -OCH3 is 1. The Bertz CT molecular complexity index is 519. The first kappa shape index (κ1) is 16.8. The molecule has 1 rings (SSSR count). The Morgan fingerprint density at radius 1 is 1.38 bits per heavy atom. The van der Waals surface area contributed by atoms with Gasteiger partial charge in [0.05, 0.1) is 19.3 Å². The number of rotatable bonds is 4. The van der Waals surface area contributed by atoms with Crippen LogP contribution in [0.15, 0.2) is 24.3 Å². The van der Waals surface area contributed by atoms with Crippen LogP contribution in [0, 0.1) is 0 Å². The number of benzene rings is 1. The van der Waals surface area contributed by atoms with Crippen molar-refractivity contribution in [2.75, 3.05) is 19.0 Å². The zero-order valence-electron chi connectivity index (χ0n) is 10.9. The number of ether oxygens (including phenoxy) is 1. The SMILES string of the molecule is COC(=O)C(CO)NC(=O)Nc1cccc(C(F)(F)F)c1. The van der Waals surface area contributed by atoms with E-state index in [1.165, 1.54) is 6.07 Å². The van der Waals surface area contributed by atoms with E-state index >= 15 is 0 Å². The Hall–Kier alpha value is -2.29. The summed E-state index contributed by atoms with van der Waals surface area (Å²) in [6.07, 6.45) is -4.53. The second-order valence-corrected chi connectivity index (χ2v) is 3.94. The maximum absolute atomic E-state index is 12.5. The van der Waals surface area contributed by atoms with Crippen LogP contribution in [-0.2, 0) is 15.7 Å². The number of aliphatic hydroxyl groups excluding tert-OH is 1. The van der Waals surface area contributed by atoms with E-state index < -0.39 is 36.4 Å². The Morgan fingerprint density at radius 3 is 2.57 bits per heavy atom. The molecule has 0 saturated heterocycles. The highest BCUT2D eigenvalue weighted by Gasteiger charge is 2.30. The van der Waals surface area contributed by atoms with Crippen LogP contribution in [0.4, 0.5) is 23.7 Å². The molecular weight excluding hydrogens is 293 g/mol. The van der Waals surface area contributed by atoms with Crippen molar-refractivity contribution in [3.63, 3.8) is 0 Å². The number of urea groups is 1. The second kappa shape index (κ2) is 6.93. The molecule has 2 amide bonds. The zero-order valence-corrected chi connectivity index (χ0v) is 10.9. The van der Waals surface area contributed by atoms with Gasteiger partial charge in [0.15, 0.2) is 6.04 Å². The van der Waals surface area contributed by atoms with Gasteiger partial charge >= 0.3 is 18.2 Å². The molecule has 0 bridgehead atoms. The summed E-state index contributed by atoms with van der Waals surface area (Å²) in [5, 5.41) is 13.1. The minimum absolute atomic E-state index is 0.108. The Balaban J connectivity index is 2.73. The van der Waals surface area contributed by atoms with Gasteiger partial charge in [-0.2, -0.15) is 13.2 Å². The summed E-state index contributed by atoms with van der Waals surface area (Å²) in [6.45, 7) is -0.706. The predicted molar refractivity (Wildman–Crippen MR) is 66.5 cm³/mol. The van der Waals surface area contributed by atoms with Gasteiger partial charge in [-0.05, 0) is 18.2 Å². The molecule has 1 aromatic rings. The van der Waals surface area contributed by atoms with Crippen molar-refractivity contribution >= 4 is 17.7 Å². The van der Waals surface area contributed by atoms with Crippen molar-refractivity contribution in [2.24, 2.45) is 0 Å². The minimum Gasteiger partial charge on any atom is -0.467 e. The molecule has 6 nitrogen and oxygen atoms in total. The van der Waals surface area contributed by atoms with Crippen LogP contribution in [0.3, 0.4) is 0 Å². The number of hydrogen-bond acceptors (Lipinski definition) is 4. The number of hydrogen-bond donors (Lipinski definition) is 3. The van der Waals surface area contributed by atoms with Gasteiger partial charge in [-0.15, -0.1) is 0 Å². The first-order valence-electron chi connectivity index (χ1n) is 5.71. The highest BCUT2D eigenvalue weighted by molar-refractivity contribution is 5.92. The van der Waals surface area contributed by atoms with Gasteiger partial charge in [-0.25, -0.2) is 9.59 Å². The molecular formula is C12H13F3N2O4. The van der Waals surface area contributed by atoms with Crippen molar-refractivity contribution in [3.05, 3.63) is 29.8 Å². The molecule has 0 saturated carbocycles. The lowest BCUT2D eigenvalue weighted by molar-refractivity contribution is -0.143. The van der Waals surface area contributed by atoms with Gasteiger partial charge in [-0.1, -0.05) is 6.07 Å². The van der Waals surface area contributed by atoms with Crippen LogP contribution >= 0.6 is 0 Å². The largest absolute Gasteiger partial charge is 0.467 e. The molecule has 0 spiro atoms. The first-order valence-corrected chi connectivity index (χ1v) is 5.71. The molecule has 21 heavy (non-hydrogen) atoms. The number of nitrogens with one attached hydrogen (secondary N) is 2. The van der Waals surface area contributed by atoms with Gasteiger partial charge in [0.1, 0.15) is 0 Å². The van der Waals surface area contributed by atoms with E-state index in [9.17, 15) is 22.8 Å². The smallest absolute Gasteiger partial charge is 0.416 e. The molecule has 0 aliphatic heterocycles. The van der Waals surface area contributed by atoms with Gasteiger partial charge in [-0.3, -0.25) is 0 Å². The Kier molecular flexibility index (Phi) is 5.53. The molecule has 116 valence electrons. The van der Waals surface area contributed by atoms with Gasteiger partial charge < -0.3 is 20.5 Å². The highest BCUT2D eigenvalue weighted by atomic mass is 19.4. The van der Waals surface area contributed by atoms with Crippen LogP contribution in [0.25, 0.3) is 0 Å². The van der Waals surface area contributed by atoms with Crippen molar-refractivity contribution < 1.29 is 32.6 Å². The second-order valence-electron chi connectivity index (χ2n) is 3.94. The normalized spacial score (nSPS) is 12.4. The molecule has 1 aromatic carbocycles. The standard InChI is InChI=1S/C12H13F3N2O4/c1-21-10(19)9(6-18)17-11(20)16-8-4-2-3-7(5-8)12(13,14)15/h2-5,9,18H,6H2,1H3,(H2,16,17,20). The summed E-state index contributed by atoms with van der Waals surface area (Å²) in [7, 11) is 1.07. The molecule has 0 heterocycles. The number of carbonyl (C=O) groups is 2. The van der Waals surface area contributed by atoms with Crippen LogP contribution in [0.5, 0.6) is 0 Å². The molecule has 0 radical (unpaired) electrons. The topological polar surface area (TPSA) is 87.7 Å². The number of amides is 2. The predicted octanol–water partition coefficient (Wildman–Crippen LogP) is 1.36. The quantitative estimate of drug-likeness (QED) is 0.733. The molecule has 0 aliphatic rings. The van der Waals surface area contributed by atoms with Crippen molar-refractivity contribution in [3.8, 4) is 0 Å². The molecule has 1 unspecified atom stereocenters. The summed E-state index contributed by atoms with van der Waals surface area (Å²) in [6, 6.07) is 1.72. The number of alkyl halides is 3. The molecule has 0 aliphatic carbocycles. The number of aliphatic hydroxyl groups is 1. The summed E-state index contributed by atoms with van der Waals surface area (Å²) >= 11 is 0. The van der Waals surface area contributed by atoms with Gasteiger partial charge in [0.2, 0.25) is 0 Å². The molecule has 0 aromatic heterocycles. The van der Waals surface area contributed by atoms with Crippen molar-refractivity contribution in [1.82, 2.24) is 5.32 Å². The monoisotopic (exact) mass is 306 g/mol. The van der Waals surface area contributed by atoms with Crippen molar-refractivity contribution in [2.45, 2.75) is 12.2 Å². The lowest BCUT2D eigenvalue weighted by Gasteiger charge is -2.15. The first-order chi connectivity index (χ1) is 9.77. The summed E-state index contributed by atoms with van der Waals surface area (Å²) in [5.41, 5.74) is -1.03. The van der Waals surface area contributed by atoms with E-state index in [2.05, 4.69) is 15.4 Å². The van der Waals surface area contributed by atoms with E-state index in [0.29, 0.717) is 0 Å². The minimum atomic E-state index is -4.53. The Labute approximate surface area is 117 Å². The molecule has 3 N–H and O–H groups in total.